The predicted octanol–water partition coefficient (Wildman–Crippen LogP) is 6.47. The summed E-state index contributed by atoms with van der Waals surface area (Å²) in [6.07, 6.45) is 19.5. The number of hydrogen-bond donors (Lipinski definition) is 4. The van der Waals surface area contributed by atoms with Gasteiger partial charge in [0.25, 0.3) is 11.8 Å². The van der Waals surface area contributed by atoms with Gasteiger partial charge in [0.1, 0.15) is 11.0 Å². The van der Waals surface area contributed by atoms with E-state index in [4.69, 9.17) is 37.8 Å². The van der Waals surface area contributed by atoms with Crippen LogP contribution in [0.25, 0.3) is 45.4 Å². The van der Waals surface area contributed by atoms with Crippen LogP contribution in [0.2, 0.25) is 5.15 Å². The minimum absolute atomic E-state index is 0. The van der Waals surface area contributed by atoms with Crippen LogP contribution in [-0.2, 0) is 10.8 Å². The first kappa shape index (κ1) is 38.6. The van der Waals surface area contributed by atoms with Crippen LogP contribution >= 0.6 is 11.6 Å². The molecule has 296 valence electrons. The first-order chi connectivity index (χ1) is 28.3. The fourth-order valence-electron chi connectivity index (χ4n) is 7.18. The second-order valence-corrected chi connectivity index (χ2v) is 14.4. The molecule has 18 nitrogen and oxygen atoms in total. The van der Waals surface area contributed by atoms with Crippen molar-refractivity contribution in [1.29, 1.82) is 0 Å². The molecule has 0 spiro atoms. The van der Waals surface area contributed by atoms with E-state index in [2.05, 4.69) is 60.2 Å². The van der Waals surface area contributed by atoms with Gasteiger partial charge in [0.05, 0.1) is 33.3 Å². The van der Waals surface area contributed by atoms with E-state index in [1.165, 1.54) is 0 Å². The molecule has 0 aliphatic heterocycles. The van der Waals surface area contributed by atoms with Crippen LogP contribution in [-0.4, -0.2) is 60.2 Å². The lowest BCUT2D eigenvalue weighted by atomic mass is 9.64. The molecule has 0 aromatic carbocycles. The standard InChI is InChI=1S/C20H16ClN7O.C20H18N8O.H3N/c2*21-16-14(3-1-8-23-16)17-27-18(28-29-17)20(6-2-7-20)13-4-5-15(24-11-13)12-9-25-19(22)26-10-12;/h1,3-5,8-11H,2,6-7H2,(H2,22,25,26);1,3-5,8-11H,2,6-7H2,(H2,21,23)(H2,22,25,26);1H3. The first-order valence-corrected chi connectivity index (χ1v) is 18.8. The highest BCUT2D eigenvalue weighted by Crippen LogP contribution is 2.49. The third-order valence-corrected chi connectivity index (χ3v) is 11.0. The molecular weight excluding hydrogens is 772 g/mol. The number of halogens is 1. The molecule has 0 amide bonds. The first-order valence-electron chi connectivity index (χ1n) is 18.4. The van der Waals surface area contributed by atoms with E-state index < -0.39 is 0 Å². The molecule has 19 heteroatoms. The molecule has 0 saturated heterocycles. The van der Waals surface area contributed by atoms with Gasteiger partial charge in [-0.3, -0.25) is 9.97 Å². The molecule has 0 radical (unpaired) electrons. The molecule has 8 heterocycles. The molecule has 59 heavy (non-hydrogen) atoms. The topological polar surface area (TPSA) is 294 Å². The van der Waals surface area contributed by atoms with Crippen molar-refractivity contribution in [1.82, 2.24) is 66.3 Å². The maximum atomic E-state index is 6.17. The van der Waals surface area contributed by atoms with Gasteiger partial charge >= 0.3 is 0 Å². The largest absolute Gasteiger partial charge is 0.383 e. The Balaban J connectivity index is 0.000000161. The van der Waals surface area contributed by atoms with E-state index in [1.807, 2.05) is 48.8 Å². The normalized spacial score (nSPS) is 14.8. The Kier molecular flexibility index (Phi) is 10.4. The quantitative estimate of drug-likeness (QED) is 0.120. The molecular formula is C40H37ClN16O2. The van der Waals surface area contributed by atoms with Crippen molar-refractivity contribution in [2.75, 3.05) is 17.2 Å². The lowest BCUT2D eigenvalue weighted by molar-refractivity contribution is 0.272. The van der Waals surface area contributed by atoms with E-state index in [0.29, 0.717) is 45.5 Å². The van der Waals surface area contributed by atoms with Crippen LogP contribution in [0.3, 0.4) is 0 Å². The van der Waals surface area contributed by atoms with Gasteiger partial charge in [-0.15, -0.1) is 0 Å². The fraction of sp³-hybridized carbons (Fsp3) is 0.200. The molecule has 2 aliphatic carbocycles. The zero-order valence-electron chi connectivity index (χ0n) is 31.5. The summed E-state index contributed by atoms with van der Waals surface area (Å²) in [6.45, 7) is 0. The Morgan fingerprint density at radius 2 is 0.983 bits per heavy atom. The summed E-state index contributed by atoms with van der Waals surface area (Å²) in [5.74, 6) is 2.87. The summed E-state index contributed by atoms with van der Waals surface area (Å²) in [7, 11) is 0. The second kappa shape index (κ2) is 15.9. The molecule has 0 bridgehead atoms. The molecule has 2 aliphatic rings. The van der Waals surface area contributed by atoms with Crippen molar-refractivity contribution >= 4 is 29.3 Å². The highest BCUT2D eigenvalue weighted by molar-refractivity contribution is 6.31. The number of nitrogens with two attached hydrogens (primary N) is 3. The molecule has 2 saturated carbocycles. The highest BCUT2D eigenvalue weighted by atomic mass is 35.5. The van der Waals surface area contributed by atoms with Crippen molar-refractivity contribution in [2.24, 2.45) is 0 Å². The summed E-state index contributed by atoms with van der Waals surface area (Å²) in [5, 5.41) is 8.86. The van der Waals surface area contributed by atoms with Crippen LogP contribution < -0.4 is 23.4 Å². The Hall–Kier alpha value is -7.31. The van der Waals surface area contributed by atoms with E-state index in [1.54, 1.807) is 49.3 Å². The van der Waals surface area contributed by atoms with Crippen LogP contribution in [0.15, 0.2) is 107 Å². The molecule has 0 atom stereocenters. The van der Waals surface area contributed by atoms with E-state index in [9.17, 15) is 0 Å². The Morgan fingerprint density at radius 1 is 0.525 bits per heavy atom. The Labute approximate surface area is 341 Å². The average molecular weight is 809 g/mol. The zero-order chi connectivity index (χ0) is 39.7. The molecule has 10 rings (SSSR count). The molecule has 8 aromatic heterocycles. The van der Waals surface area contributed by atoms with E-state index in [-0.39, 0.29) is 28.9 Å². The number of nitrogen functional groups attached to an aromatic ring is 3. The van der Waals surface area contributed by atoms with Gasteiger partial charge in [-0.2, -0.15) is 9.97 Å². The van der Waals surface area contributed by atoms with Crippen LogP contribution in [0.1, 0.15) is 61.3 Å². The molecule has 0 unspecified atom stereocenters. The van der Waals surface area contributed by atoms with Crippen LogP contribution in [0, 0.1) is 0 Å². The second-order valence-electron chi connectivity index (χ2n) is 14.0. The fourth-order valence-corrected chi connectivity index (χ4v) is 7.38. The number of pyridine rings is 4. The maximum Gasteiger partial charge on any atom is 0.261 e. The zero-order valence-corrected chi connectivity index (χ0v) is 32.2. The van der Waals surface area contributed by atoms with Gasteiger partial charge < -0.3 is 32.4 Å². The van der Waals surface area contributed by atoms with Gasteiger partial charge in [-0.25, -0.2) is 29.9 Å². The average Bonchev–Trinajstić information content (AvgIpc) is 3.91. The minimum Gasteiger partial charge on any atom is -0.383 e. The number of nitrogens with zero attached hydrogens (tertiary/aromatic N) is 12. The lowest BCUT2D eigenvalue weighted by Gasteiger charge is -2.39. The minimum atomic E-state index is -0.306. The summed E-state index contributed by atoms with van der Waals surface area (Å²) < 4.78 is 11.0. The number of anilines is 3. The van der Waals surface area contributed by atoms with Crippen LogP contribution in [0.4, 0.5) is 17.7 Å². The summed E-state index contributed by atoms with van der Waals surface area (Å²) in [4.78, 5) is 42.7. The van der Waals surface area contributed by atoms with Crippen molar-refractivity contribution in [3.63, 3.8) is 0 Å². The van der Waals surface area contributed by atoms with Crippen molar-refractivity contribution in [2.45, 2.75) is 49.4 Å². The number of aromatic nitrogens is 12. The molecule has 2 fully saturated rings. The molecule has 8 aromatic rings. The lowest BCUT2D eigenvalue weighted by Crippen LogP contribution is -2.36. The van der Waals surface area contributed by atoms with E-state index >= 15 is 0 Å². The smallest absolute Gasteiger partial charge is 0.261 e. The maximum absolute atomic E-state index is 6.17. The van der Waals surface area contributed by atoms with Crippen molar-refractivity contribution in [3.05, 3.63) is 126 Å². The van der Waals surface area contributed by atoms with Gasteiger partial charge in [-0.05, 0) is 73.2 Å². The number of rotatable bonds is 8. The van der Waals surface area contributed by atoms with Crippen LogP contribution in [0.5, 0.6) is 0 Å². The van der Waals surface area contributed by atoms with Crippen molar-refractivity contribution < 1.29 is 9.05 Å². The third kappa shape index (κ3) is 7.26. The highest BCUT2D eigenvalue weighted by Gasteiger charge is 2.46. The SMILES string of the molecule is N.Nc1ncc(-c2ccc(C3(c4noc(-c5cccnc5Cl)n4)CCC3)cn2)cn1.Nc1ncc(-c2ccc(C3(c4noc(-c5cccnc5N)n4)CCC3)cn2)cn1. The predicted molar refractivity (Wildman–Crippen MR) is 218 cm³/mol. The third-order valence-electron chi connectivity index (χ3n) is 10.7. The Morgan fingerprint density at radius 3 is 1.39 bits per heavy atom. The molecule has 9 N–H and O–H groups in total. The van der Waals surface area contributed by atoms with Gasteiger partial charge in [0.15, 0.2) is 11.6 Å². The van der Waals surface area contributed by atoms with Crippen molar-refractivity contribution in [3.8, 4) is 45.4 Å². The Bertz CT molecular complexity index is 2490. The number of hydrogen-bond acceptors (Lipinski definition) is 18. The van der Waals surface area contributed by atoms with Gasteiger partial charge in [0.2, 0.25) is 11.9 Å². The van der Waals surface area contributed by atoms with Gasteiger partial charge in [0, 0.05) is 60.7 Å². The monoisotopic (exact) mass is 808 g/mol. The summed E-state index contributed by atoms with van der Waals surface area (Å²) in [5.41, 5.74) is 23.0. The van der Waals surface area contributed by atoms with Gasteiger partial charge in [-0.1, -0.05) is 46.9 Å². The summed E-state index contributed by atoms with van der Waals surface area (Å²) >= 11 is 6.17. The summed E-state index contributed by atoms with van der Waals surface area (Å²) in [6, 6.07) is 15.2. The van der Waals surface area contributed by atoms with E-state index in [0.717, 1.165) is 72.2 Å².